The first-order chi connectivity index (χ1) is 15.5. The predicted molar refractivity (Wildman–Crippen MR) is 126 cm³/mol. The minimum Gasteiger partial charge on any atom is -0.480 e. The van der Waals surface area contributed by atoms with E-state index >= 15 is 0 Å². The Hall–Kier alpha value is -2.60. The zero-order chi connectivity index (χ0) is 25.1. The summed E-state index contributed by atoms with van der Waals surface area (Å²) in [4.78, 5) is 56.5. The molecule has 0 aromatic carbocycles. The third-order valence-corrected chi connectivity index (χ3v) is 6.08. The fraction of sp³-hybridized carbons (Fsp3) is 0.667. The largest absolute Gasteiger partial charge is 0.480 e. The SMILES string of the molecule is CCC(C)C(NC(=O)C(NC(=O)C(CS)NC(=O)C(N)Cc1cnc[nH]1)C(C)CC)C(=O)O. The summed E-state index contributed by atoms with van der Waals surface area (Å²) in [5.74, 6) is -3.48. The van der Waals surface area contributed by atoms with Gasteiger partial charge in [0.15, 0.2) is 0 Å². The van der Waals surface area contributed by atoms with Crippen LogP contribution >= 0.6 is 12.6 Å². The number of H-pyrrole nitrogens is 1. The van der Waals surface area contributed by atoms with Crippen molar-refractivity contribution in [3.05, 3.63) is 18.2 Å². The molecule has 12 heteroatoms. The van der Waals surface area contributed by atoms with E-state index in [1.54, 1.807) is 20.0 Å². The number of hydrogen-bond acceptors (Lipinski definition) is 7. The van der Waals surface area contributed by atoms with E-state index in [1.807, 2.05) is 13.8 Å². The van der Waals surface area contributed by atoms with Gasteiger partial charge in [-0.05, 0) is 11.8 Å². The Morgan fingerprint density at radius 2 is 1.61 bits per heavy atom. The van der Waals surface area contributed by atoms with E-state index in [0.29, 0.717) is 18.5 Å². The van der Waals surface area contributed by atoms with Crippen LogP contribution in [0.3, 0.4) is 0 Å². The number of nitrogens with one attached hydrogen (secondary N) is 4. The van der Waals surface area contributed by atoms with Crippen LogP contribution in [-0.2, 0) is 25.6 Å². The summed E-state index contributed by atoms with van der Waals surface area (Å²) in [6.45, 7) is 7.19. The second-order valence-corrected chi connectivity index (χ2v) is 8.58. The lowest BCUT2D eigenvalue weighted by atomic mass is 9.95. The van der Waals surface area contributed by atoms with E-state index in [9.17, 15) is 24.3 Å². The molecule has 0 spiro atoms. The normalized spacial score (nSPS) is 16.5. The Bertz CT molecular complexity index is 790. The number of carbonyl (C=O) groups excluding carboxylic acids is 3. The van der Waals surface area contributed by atoms with Crippen molar-refractivity contribution < 1.29 is 24.3 Å². The second kappa shape index (κ2) is 13.8. The minimum absolute atomic E-state index is 0.0200. The van der Waals surface area contributed by atoms with Crippen molar-refractivity contribution in [3.63, 3.8) is 0 Å². The highest BCUT2D eigenvalue weighted by atomic mass is 32.1. The molecule has 0 saturated carbocycles. The number of thiol groups is 1. The number of rotatable bonds is 14. The summed E-state index contributed by atoms with van der Waals surface area (Å²) in [6.07, 6.45) is 4.35. The Morgan fingerprint density at radius 3 is 2.09 bits per heavy atom. The van der Waals surface area contributed by atoms with Crippen LogP contribution in [-0.4, -0.2) is 68.7 Å². The van der Waals surface area contributed by atoms with Crippen molar-refractivity contribution in [2.45, 2.75) is 71.1 Å². The Kier molecular flexibility index (Phi) is 11.9. The smallest absolute Gasteiger partial charge is 0.326 e. The van der Waals surface area contributed by atoms with E-state index in [2.05, 4.69) is 38.5 Å². The topological polar surface area (TPSA) is 179 Å². The molecule has 1 aromatic rings. The highest BCUT2D eigenvalue weighted by molar-refractivity contribution is 7.80. The van der Waals surface area contributed by atoms with Crippen LogP contribution in [0, 0.1) is 11.8 Å². The molecule has 186 valence electrons. The van der Waals surface area contributed by atoms with Crippen LogP contribution in [0.4, 0.5) is 0 Å². The molecule has 33 heavy (non-hydrogen) atoms. The van der Waals surface area contributed by atoms with Crippen molar-refractivity contribution >= 4 is 36.3 Å². The van der Waals surface area contributed by atoms with Crippen LogP contribution in [0.25, 0.3) is 0 Å². The predicted octanol–water partition coefficient (Wildman–Crippen LogP) is -0.159. The molecular formula is C21H36N6O5S. The van der Waals surface area contributed by atoms with Crippen molar-refractivity contribution in [3.8, 4) is 0 Å². The molecule has 0 bridgehead atoms. The number of carboxylic acids is 1. The maximum atomic E-state index is 12.9. The summed E-state index contributed by atoms with van der Waals surface area (Å²) in [6, 6.07) is -4.00. The lowest BCUT2D eigenvalue weighted by Gasteiger charge is -2.29. The lowest BCUT2D eigenvalue weighted by molar-refractivity contribution is -0.144. The molecule has 1 aromatic heterocycles. The van der Waals surface area contributed by atoms with E-state index < -0.39 is 47.9 Å². The summed E-state index contributed by atoms with van der Waals surface area (Å²) < 4.78 is 0. The van der Waals surface area contributed by atoms with E-state index in [4.69, 9.17) is 5.73 Å². The number of amides is 3. The molecule has 3 amide bonds. The number of aromatic nitrogens is 2. The molecule has 1 heterocycles. The molecule has 1 rings (SSSR count). The summed E-state index contributed by atoms with van der Waals surface area (Å²) in [7, 11) is 0. The van der Waals surface area contributed by atoms with Gasteiger partial charge in [-0.1, -0.05) is 40.5 Å². The number of imidazole rings is 1. The minimum atomic E-state index is -1.14. The first kappa shape index (κ1) is 28.4. The lowest BCUT2D eigenvalue weighted by Crippen LogP contribution is -2.59. The molecule has 0 aliphatic carbocycles. The highest BCUT2D eigenvalue weighted by Gasteiger charge is 2.33. The molecule has 0 aliphatic rings. The number of carbonyl (C=O) groups is 4. The quantitative estimate of drug-likeness (QED) is 0.179. The number of carboxylic acid groups (broad SMARTS) is 1. The van der Waals surface area contributed by atoms with Gasteiger partial charge in [-0.3, -0.25) is 14.4 Å². The van der Waals surface area contributed by atoms with Gasteiger partial charge in [-0.25, -0.2) is 9.78 Å². The van der Waals surface area contributed by atoms with Gasteiger partial charge in [0.1, 0.15) is 18.1 Å². The Morgan fingerprint density at radius 1 is 1.03 bits per heavy atom. The highest BCUT2D eigenvalue weighted by Crippen LogP contribution is 2.12. The maximum absolute atomic E-state index is 12.9. The molecular weight excluding hydrogens is 448 g/mol. The first-order valence-corrected chi connectivity index (χ1v) is 11.7. The van der Waals surface area contributed by atoms with Crippen molar-refractivity contribution in [1.29, 1.82) is 0 Å². The molecule has 6 atom stereocenters. The van der Waals surface area contributed by atoms with Gasteiger partial charge in [0.05, 0.1) is 12.4 Å². The van der Waals surface area contributed by atoms with Gasteiger partial charge in [0.2, 0.25) is 17.7 Å². The average molecular weight is 485 g/mol. The second-order valence-electron chi connectivity index (χ2n) is 8.21. The van der Waals surface area contributed by atoms with Crippen LogP contribution in [0.5, 0.6) is 0 Å². The third kappa shape index (κ3) is 8.69. The fourth-order valence-corrected chi connectivity index (χ4v) is 3.34. The van der Waals surface area contributed by atoms with Crippen LogP contribution < -0.4 is 21.7 Å². The van der Waals surface area contributed by atoms with E-state index in [-0.39, 0.29) is 24.0 Å². The summed E-state index contributed by atoms with van der Waals surface area (Å²) >= 11 is 4.15. The van der Waals surface area contributed by atoms with Crippen LogP contribution in [0.15, 0.2) is 12.5 Å². The number of nitrogens with two attached hydrogens (primary N) is 1. The molecule has 0 radical (unpaired) electrons. The zero-order valence-corrected chi connectivity index (χ0v) is 20.4. The standard InChI is InChI=1S/C21H36N6O5S/c1-5-11(3)16(20(30)27-17(21(31)32)12(4)6-2)26-19(29)15(9-33)25-18(28)14(22)7-13-8-23-10-24-13/h8,10-12,14-17,33H,5-7,9,22H2,1-4H3,(H,23,24)(H,25,28)(H,26,29)(H,27,30)(H,31,32). The van der Waals surface area contributed by atoms with E-state index in [1.165, 1.54) is 6.33 Å². The fourth-order valence-electron chi connectivity index (χ4n) is 3.08. The van der Waals surface area contributed by atoms with Gasteiger partial charge in [0, 0.05) is 24.1 Å². The number of aromatic amines is 1. The van der Waals surface area contributed by atoms with Gasteiger partial charge >= 0.3 is 5.97 Å². The zero-order valence-electron chi connectivity index (χ0n) is 19.5. The van der Waals surface area contributed by atoms with Gasteiger partial charge in [0.25, 0.3) is 0 Å². The Balaban J connectivity index is 2.86. The first-order valence-electron chi connectivity index (χ1n) is 11.0. The number of hydrogen-bond donors (Lipinski definition) is 7. The van der Waals surface area contributed by atoms with Crippen molar-refractivity contribution in [1.82, 2.24) is 25.9 Å². The maximum Gasteiger partial charge on any atom is 0.326 e. The molecule has 0 aliphatic heterocycles. The number of aliphatic carboxylic acids is 1. The van der Waals surface area contributed by atoms with Crippen molar-refractivity contribution in [2.24, 2.45) is 17.6 Å². The van der Waals surface area contributed by atoms with Crippen LogP contribution in [0.2, 0.25) is 0 Å². The summed E-state index contributed by atoms with van der Waals surface area (Å²) in [5, 5.41) is 17.2. The van der Waals surface area contributed by atoms with Crippen molar-refractivity contribution in [2.75, 3.05) is 5.75 Å². The molecule has 6 unspecified atom stereocenters. The van der Waals surface area contributed by atoms with Gasteiger partial charge in [-0.2, -0.15) is 12.6 Å². The number of nitrogens with zero attached hydrogens (tertiary/aromatic N) is 1. The molecule has 7 N–H and O–H groups in total. The van der Waals surface area contributed by atoms with Gasteiger partial charge in [-0.15, -0.1) is 0 Å². The molecule has 11 nitrogen and oxygen atoms in total. The third-order valence-electron chi connectivity index (χ3n) is 5.72. The molecule has 0 fully saturated rings. The van der Waals surface area contributed by atoms with Gasteiger partial charge < -0.3 is 31.8 Å². The average Bonchev–Trinajstić information content (AvgIpc) is 3.30. The Labute approximate surface area is 199 Å². The van der Waals surface area contributed by atoms with Crippen LogP contribution in [0.1, 0.15) is 46.2 Å². The molecule has 0 saturated heterocycles. The monoisotopic (exact) mass is 484 g/mol. The van der Waals surface area contributed by atoms with E-state index in [0.717, 1.165) is 0 Å². The summed E-state index contributed by atoms with van der Waals surface area (Å²) in [5.41, 5.74) is 6.59.